The summed E-state index contributed by atoms with van der Waals surface area (Å²) in [6.45, 7) is 0. The number of hydrogen-bond acceptors (Lipinski definition) is 4. The van der Waals surface area contributed by atoms with Gasteiger partial charge in [0.25, 0.3) is 0 Å². The molecule has 7 heteroatoms. The maximum Gasteiger partial charge on any atom is 0.215 e. The van der Waals surface area contributed by atoms with Crippen molar-refractivity contribution in [2.75, 3.05) is 7.11 Å². The van der Waals surface area contributed by atoms with Gasteiger partial charge in [-0.25, -0.2) is 5.01 Å². The van der Waals surface area contributed by atoms with E-state index in [2.05, 4.69) is 15.9 Å². The van der Waals surface area contributed by atoms with Crippen molar-refractivity contribution in [3.8, 4) is 11.5 Å². The molecule has 3 aromatic rings. The highest BCUT2D eigenvalue weighted by Gasteiger charge is 2.42. The minimum Gasteiger partial charge on any atom is -0.497 e. The molecular formula is C23H17BrCl2N2O2. The second-order valence-electron chi connectivity index (χ2n) is 7.17. The summed E-state index contributed by atoms with van der Waals surface area (Å²) in [6, 6.07) is 19.5. The summed E-state index contributed by atoms with van der Waals surface area (Å²) >= 11 is 16.5. The number of hydrazone groups is 1. The third-order valence-electron chi connectivity index (χ3n) is 5.40. The molecule has 0 radical (unpaired) electrons. The van der Waals surface area contributed by atoms with Crippen LogP contribution in [-0.4, -0.2) is 17.8 Å². The molecule has 2 heterocycles. The molecule has 0 fully saturated rings. The van der Waals surface area contributed by atoms with E-state index < -0.39 is 6.23 Å². The van der Waals surface area contributed by atoms with Crippen molar-refractivity contribution in [1.82, 2.24) is 5.01 Å². The van der Waals surface area contributed by atoms with Crippen LogP contribution in [0.15, 0.2) is 70.2 Å². The van der Waals surface area contributed by atoms with E-state index in [1.54, 1.807) is 13.2 Å². The number of fused-ring (bicyclic) bond motifs is 3. The van der Waals surface area contributed by atoms with Gasteiger partial charge in [0.2, 0.25) is 6.23 Å². The summed E-state index contributed by atoms with van der Waals surface area (Å²) in [6.07, 6.45) is 0.313. The largest absolute Gasteiger partial charge is 0.497 e. The van der Waals surface area contributed by atoms with Gasteiger partial charge in [-0.3, -0.25) is 0 Å². The van der Waals surface area contributed by atoms with Gasteiger partial charge in [0, 0.05) is 27.0 Å². The second-order valence-corrected chi connectivity index (χ2v) is 8.87. The molecule has 2 aliphatic heterocycles. The minimum absolute atomic E-state index is 0.0286. The molecule has 152 valence electrons. The number of ether oxygens (including phenoxy) is 2. The zero-order valence-corrected chi connectivity index (χ0v) is 19.1. The number of benzene rings is 3. The molecule has 30 heavy (non-hydrogen) atoms. The third kappa shape index (κ3) is 3.35. The maximum atomic E-state index is 6.53. The fourth-order valence-electron chi connectivity index (χ4n) is 3.95. The lowest BCUT2D eigenvalue weighted by Gasteiger charge is -2.39. The Bertz CT molecular complexity index is 1150. The predicted molar refractivity (Wildman–Crippen MR) is 123 cm³/mol. The Labute approximate surface area is 193 Å². The standard InChI is InChI=1S/C23H17BrCl2N2O2/c1-29-15-8-6-13(7-9-15)20-12-21-17-10-14(25)11-19(26)22(17)30-23(28(21)27-20)16-4-2-3-5-18(16)24/h2-11,21,23H,12H2,1H3/t21-,23-/m0/s1. The Morgan fingerprint density at radius 2 is 1.83 bits per heavy atom. The van der Waals surface area contributed by atoms with Crippen LogP contribution in [0.4, 0.5) is 0 Å². The second kappa shape index (κ2) is 7.80. The molecule has 0 bridgehead atoms. The monoisotopic (exact) mass is 502 g/mol. The minimum atomic E-state index is -0.410. The van der Waals surface area contributed by atoms with E-state index >= 15 is 0 Å². The van der Waals surface area contributed by atoms with Crippen LogP contribution in [-0.2, 0) is 0 Å². The average Bonchev–Trinajstić information content (AvgIpc) is 3.20. The molecule has 0 N–H and O–H groups in total. The van der Waals surface area contributed by atoms with E-state index in [0.29, 0.717) is 15.8 Å². The van der Waals surface area contributed by atoms with Crippen LogP contribution in [0.25, 0.3) is 0 Å². The first-order chi connectivity index (χ1) is 14.5. The SMILES string of the molecule is COc1ccc(C2=NN3[C@@H](C2)c2cc(Cl)cc(Cl)c2O[C@H]3c2ccccc2Br)cc1. The molecule has 0 unspecified atom stereocenters. The number of methoxy groups -OCH3 is 1. The van der Waals surface area contributed by atoms with Gasteiger partial charge in [-0.05, 0) is 48.0 Å². The van der Waals surface area contributed by atoms with Crippen LogP contribution in [0.1, 0.15) is 35.4 Å². The molecule has 0 amide bonds. The lowest BCUT2D eigenvalue weighted by atomic mass is 9.96. The van der Waals surface area contributed by atoms with Crippen molar-refractivity contribution in [2.45, 2.75) is 18.7 Å². The quantitative estimate of drug-likeness (QED) is 0.385. The van der Waals surface area contributed by atoms with Crippen molar-refractivity contribution in [1.29, 1.82) is 0 Å². The van der Waals surface area contributed by atoms with Crippen LogP contribution in [0, 0.1) is 0 Å². The highest BCUT2D eigenvalue weighted by atomic mass is 79.9. The van der Waals surface area contributed by atoms with Gasteiger partial charge >= 0.3 is 0 Å². The molecule has 0 aliphatic carbocycles. The first kappa shape index (κ1) is 19.7. The van der Waals surface area contributed by atoms with Crippen molar-refractivity contribution in [2.24, 2.45) is 5.10 Å². The van der Waals surface area contributed by atoms with Crippen LogP contribution in [0.5, 0.6) is 11.5 Å². The first-order valence-corrected chi connectivity index (χ1v) is 11.0. The smallest absolute Gasteiger partial charge is 0.215 e. The Kier molecular flexibility index (Phi) is 5.13. The molecule has 5 rings (SSSR count). The third-order valence-corrected chi connectivity index (χ3v) is 6.62. The lowest BCUT2D eigenvalue weighted by molar-refractivity contribution is -0.0194. The van der Waals surface area contributed by atoms with Crippen molar-refractivity contribution >= 4 is 44.8 Å². The summed E-state index contributed by atoms with van der Waals surface area (Å²) in [4.78, 5) is 0. The highest BCUT2D eigenvalue weighted by Crippen LogP contribution is 2.51. The molecule has 0 aromatic heterocycles. The fraction of sp³-hybridized carbons (Fsp3) is 0.174. The van der Waals surface area contributed by atoms with Gasteiger partial charge in [0.15, 0.2) is 0 Å². The predicted octanol–water partition coefficient (Wildman–Crippen LogP) is 7.01. The summed E-state index contributed by atoms with van der Waals surface area (Å²) in [7, 11) is 1.66. The molecule has 2 atom stereocenters. The van der Waals surface area contributed by atoms with Crippen LogP contribution in [0.2, 0.25) is 10.0 Å². The van der Waals surface area contributed by atoms with E-state index in [9.17, 15) is 0 Å². The summed E-state index contributed by atoms with van der Waals surface area (Å²) in [5.74, 6) is 1.47. The number of nitrogens with zero attached hydrogens (tertiary/aromatic N) is 2. The topological polar surface area (TPSA) is 34.1 Å². The molecule has 0 saturated carbocycles. The van der Waals surface area contributed by atoms with Crippen molar-refractivity contribution in [3.63, 3.8) is 0 Å². The van der Waals surface area contributed by atoms with Gasteiger partial charge in [0.1, 0.15) is 11.5 Å². The number of halogens is 3. The zero-order valence-electron chi connectivity index (χ0n) is 16.0. The van der Waals surface area contributed by atoms with Gasteiger partial charge < -0.3 is 9.47 Å². The van der Waals surface area contributed by atoms with Crippen molar-refractivity contribution < 1.29 is 9.47 Å². The van der Waals surface area contributed by atoms with Crippen LogP contribution < -0.4 is 9.47 Å². The van der Waals surface area contributed by atoms with E-state index in [-0.39, 0.29) is 6.04 Å². The molecule has 0 spiro atoms. The van der Waals surface area contributed by atoms with E-state index in [4.69, 9.17) is 37.8 Å². The normalized spacial score (nSPS) is 19.6. The van der Waals surface area contributed by atoms with E-state index in [1.807, 2.05) is 59.6 Å². The summed E-state index contributed by atoms with van der Waals surface area (Å²) in [5.41, 5.74) is 3.96. The first-order valence-electron chi connectivity index (χ1n) is 9.45. The van der Waals surface area contributed by atoms with Gasteiger partial charge in [0.05, 0.1) is 23.9 Å². The molecule has 2 aliphatic rings. The average molecular weight is 504 g/mol. The van der Waals surface area contributed by atoms with E-state index in [0.717, 1.165) is 39.0 Å². The van der Waals surface area contributed by atoms with Gasteiger partial charge in [-0.1, -0.05) is 57.3 Å². The molecule has 4 nitrogen and oxygen atoms in total. The van der Waals surface area contributed by atoms with E-state index in [1.165, 1.54) is 0 Å². The molecule has 3 aromatic carbocycles. The molecular weight excluding hydrogens is 487 g/mol. The Morgan fingerprint density at radius 3 is 2.57 bits per heavy atom. The maximum absolute atomic E-state index is 6.53. The Morgan fingerprint density at radius 1 is 1.07 bits per heavy atom. The number of hydrogen-bond donors (Lipinski definition) is 0. The highest BCUT2D eigenvalue weighted by molar-refractivity contribution is 9.10. The molecule has 0 saturated heterocycles. The van der Waals surface area contributed by atoms with Crippen LogP contribution >= 0.6 is 39.1 Å². The summed E-state index contributed by atoms with van der Waals surface area (Å²) < 4.78 is 12.6. The van der Waals surface area contributed by atoms with Gasteiger partial charge in [-0.15, -0.1) is 0 Å². The summed E-state index contributed by atoms with van der Waals surface area (Å²) in [5, 5.41) is 8.07. The van der Waals surface area contributed by atoms with Gasteiger partial charge in [-0.2, -0.15) is 5.10 Å². The fourth-order valence-corrected chi connectivity index (χ4v) is 4.99. The Hall–Kier alpha value is -2.21. The van der Waals surface area contributed by atoms with Crippen molar-refractivity contribution in [3.05, 3.63) is 91.9 Å². The lowest BCUT2D eigenvalue weighted by Crippen LogP contribution is -2.34. The van der Waals surface area contributed by atoms with Crippen LogP contribution in [0.3, 0.4) is 0 Å². The Balaban J connectivity index is 1.62. The zero-order chi connectivity index (χ0) is 20.8. The number of rotatable bonds is 3.